The molecule has 4 nitrogen and oxygen atoms in total. The van der Waals surface area contributed by atoms with Crippen LogP contribution < -0.4 is 0 Å². The summed E-state index contributed by atoms with van der Waals surface area (Å²) >= 11 is 2.83. The summed E-state index contributed by atoms with van der Waals surface area (Å²) in [5.41, 5.74) is 0. The smallest absolute Gasteiger partial charge is 0.321 e. The summed E-state index contributed by atoms with van der Waals surface area (Å²) in [6, 6.07) is 0.250. The topological polar surface area (TPSA) is 32.8 Å². The van der Waals surface area contributed by atoms with Crippen molar-refractivity contribution in [3.8, 4) is 0 Å². The number of fused-ring (bicyclic) bond motifs is 2. The maximum atomic E-state index is 11.3. The van der Waals surface area contributed by atoms with Crippen molar-refractivity contribution in [3.63, 3.8) is 0 Å². The number of hydroxylamine groups is 2. The standard InChI is InChI=1S/C6H9BrN2O2/c7-11-9-5-2-1-3-8(4-5)6(9)10/h5H,1-4H2. The molecule has 0 spiro atoms. The number of hydrogen-bond acceptors (Lipinski definition) is 2. The second-order valence-corrected chi connectivity index (χ2v) is 3.21. The minimum Gasteiger partial charge on any atom is -0.321 e. The first kappa shape index (κ1) is 7.36. The third-order valence-corrected chi connectivity index (χ3v) is 2.57. The largest absolute Gasteiger partial charge is 0.345 e. The summed E-state index contributed by atoms with van der Waals surface area (Å²) in [6.07, 6.45) is 2.14. The fraction of sp³-hybridized carbons (Fsp3) is 0.833. The monoisotopic (exact) mass is 220 g/mol. The van der Waals surface area contributed by atoms with Crippen LogP contribution in [-0.4, -0.2) is 35.1 Å². The van der Waals surface area contributed by atoms with E-state index in [1.807, 2.05) is 4.90 Å². The summed E-state index contributed by atoms with van der Waals surface area (Å²) in [4.78, 5) is 13.1. The predicted molar refractivity (Wildman–Crippen MR) is 41.8 cm³/mol. The van der Waals surface area contributed by atoms with Crippen molar-refractivity contribution in [2.24, 2.45) is 0 Å². The molecule has 0 N–H and O–H groups in total. The van der Waals surface area contributed by atoms with Crippen molar-refractivity contribution in [2.75, 3.05) is 13.1 Å². The molecule has 1 unspecified atom stereocenters. The molecule has 2 heterocycles. The number of carbonyl (C=O) groups excluding carboxylic acids is 1. The highest BCUT2D eigenvalue weighted by molar-refractivity contribution is 9.05. The maximum Gasteiger partial charge on any atom is 0.345 e. The minimum atomic E-state index is -0.00984. The second-order valence-electron chi connectivity index (χ2n) is 2.92. The molecule has 2 amide bonds. The molecular formula is C6H9BrN2O2. The van der Waals surface area contributed by atoms with E-state index in [1.165, 1.54) is 5.06 Å². The molecule has 0 aromatic carbocycles. The maximum absolute atomic E-state index is 11.3. The molecule has 2 fully saturated rings. The first-order chi connectivity index (χ1) is 5.33. The van der Waals surface area contributed by atoms with Crippen LogP contribution in [0.4, 0.5) is 4.79 Å². The molecule has 2 saturated heterocycles. The van der Waals surface area contributed by atoms with Gasteiger partial charge in [-0.1, -0.05) is 0 Å². The molecule has 2 bridgehead atoms. The van der Waals surface area contributed by atoms with Crippen LogP contribution in [0.15, 0.2) is 0 Å². The van der Waals surface area contributed by atoms with E-state index in [9.17, 15) is 4.79 Å². The van der Waals surface area contributed by atoms with Gasteiger partial charge in [-0.25, -0.2) is 4.79 Å². The van der Waals surface area contributed by atoms with Gasteiger partial charge in [-0.05, 0) is 12.8 Å². The van der Waals surface area contributed by atoms with E-state index in [0.717, 1.165) is 25.9 Å². The highest BCUT2D eigenvalue weighted by Crippen LogP contribution is 2.26. The third-order valence-electron chi connectivity index (χ3n) is 2.26. The molecule has 0 aromatic rings. The van der Waals surface area contributed by atoms with Crippen LogP contribution in [0.3, 0.4) is 0 Å². The number of rotatable bonds is 1. The average Bonchev–Trinajstić information content (AvgIpc) is 2.25. The number of urea groups is 1. The summed E-state index contributed by atoms with van der Waals surface area (Å²) in [5.74, 6) is 0. The number of hydrogen-bond donors (Lipinski definition) is 0. The van der Waals surface area contributed by atoms with E-state index in [4.69, 9.17) is 3.93 Å². The SMILES string of the molecule is O=C1N2CCCC(C2)N1OBr. The zero-order chi connectivity index (χ0) is 7.84. The molecular weight excluding hydrogens is 212 g/mol. The first-order valence-corrected chi connectivity index (χ1v) is 4.34. The summed E-state index contributed by atoms with van der Waals surface area (Å²) < 4.78 is 4.79. The van der Waals surface area contributed by atoms with Crippen molar-refractivity contribution in [2.45, 2.75) is 18.9 Å². The van der Waals surface area contributed by atoms with E-state index in [-0.39, 0.29) is 12.1 Å². The molecule has 62 valence electrons. The van der Waals surface area contributed by atoms with Crippen LogP contribution in [0.2, 0.25) is 0 Å². The van der Waals surface area contributed by atoms with Crippen LogP contribution in [0.25, 0.3) is 0 Å². The Morgan fingerprint density at radius 3 is 3.09 bits per heavy atom. The predicted octanol–water partition coefficient (Wildman–Crippen LogP) is 1.13. The second kappa shape index (κ2) is 2.64. The molecule has 2 aliphatic heterocycles. The molecule has 0 aliphatic carbocycles. The number of carbonyl (C=O) groups is 1. The van der Waals surface area contributed by atoms with Crippen LogP contribution >= 0.6 is 16.3 Å². The minimum absolute atomic E-state index is 0.00984. The van der Waals surface area contributed by atoms with Crippen molar-refractivity contribution >= 4 is 22.3 Å². The Labute approximate surface area is 73.5 Å². The van der Waals surface area contributed by atoms with Crippen molar-refractivity contribution < 1.29 is 8.72 Å². The van der Waals surface area contributed by atoms with Gasteiger partial charge in [0.25, 0.3) is 0 Å². The lowest BCUT2D eigenvalue weighted by molar-refractivity contribution is 0.00363. The van der Waals surface area contributed by atoms with Crippen LogP contribution in [0, 0.1) is 0 Å². The van der Waals surface area contributed by atoms with E-state index in [2.05, 4.69) is 16.3 Å². The molecule has 2 rings (SSSR count). The third kappa shape index (κ3) is 1.03. The van der Waals surface area contributed by atoms with Crippen LogP contribution in [0.5, 0.6) is 0 Å². The quantitative estimate of drug-likeness (QED) is 0.664. The van der Waals surface area contributed by atoms with Gasteiger partial charge in [0, 0.05) is 13.1 Å². The number of piperidine rings is 1. The van der Waals surface area contributed by atoms with Crippen LogP contribution in [-0.2, 0) is 3.93 Å². The van der Waals surface area contributed by atoms with E-state index in [0.29, 0.717) is 0 Å². The zero-order valence-electron chi connectivity index (χ0n) is 5.99. The lowest BCUT2D eigenvalue weighted by atomic mass is 10.1. The Balaban J connectivity index is 2.17. The Morgan fingerprint density at radius 1 is 1.64 bits per heavy atom. The van der Waals surface area contributed by atoms with Gasteiger partial charge in [0.1, 0.15) is 16.3 Å². The van der Waals surface area contributed by atoms with Crippen molar-refractivity contribution in [1.29, 1.82) is 0 Å². The number of amides is 2. The highest BCUT2D eigenvalue weighted by Gasteiger charge is 2.40. The fourth-order valence-electron chi connectivity index (χ4n) is 1.70. The molecule has 0 radical (unpaired) electrons. The number of nitrogens with zero attached hydrogens (tertiary/aromatic N) is 2. The average molecular weight is 221 g/mol. The molecule has 1 atom stereocenters. The number of halogens is 1. The van der Waals surface area contributed by atoms with E-state index in [1.54, 1.807) is 0 Å². The Hall–Kier alpha value is -0.290. The van der Waals surface area contributed by atoms with Crippen molar-refractivity contribution in [1.82, 2.24) is 9.96 Å². The molecule has 0 saturated carbocycles. The highest BCUT2D eigenvalue weighted by atomic mass is 79.9. The van der Waals surface area contributed by atoms with E-state index >= 15 is 0 Å². The Bertz CT molecular complexity index is 187. The van der Waals surface area contributed by atoms with Crippen LogP contribution in [0.1, 0.15) is 12.8 Å². The lowest BCUT2D eigenvalue weighted by Gasteiger charge is -2.19. The fourth-order valence-corrected chi connectivity index (χ4v) is 2.06. The summed E-state index contributed by atoms with van der Waals surface area (Å²) in [6.45, 7) is 1.70. The van der Waals surface area contributed by atoms with Crippen molar-refractivity contribution in [3.05, 3.63) is 0 Å². The van der Waals surface area contributed by atoms with Gasteiger partial charge < -0.3 is 4.90 Å². The van der Waals surface area contributed by atoms with Gasteiger partial charge in [-0.15, -0.1) is 0 Å². The Kier molecular flexibility index (Phi) is 1.77. The van der Waals surface area contributed by atoms with Gasteiger partial charge in [0.15, 0.2) is 0 Å². The summed E-state index contributed by atoms with van der Waals surface area (Å²) in [7, 11) is 0. The normalized spacial score (nSPS) is 29.9. The lowest BCUT2D eigenvalue weighted by Crippen LogP contribution is -2.30. The molecule has 11 heavy (non-hydrogen) atoms. The van der Waals surface area contributed by atoms with Gasteiger partial charge >= 0.3 is 6.03 Å². The molecule has 5 heteroatoms. The molecule has 0 aromatic heterocycles. The molecule has 2 aliphatic rings. The van der Waals surface area contributed by atoms with E-state index < -0.39 is 0 Å². The zero-order valence-corrected chi connectivity index (χ0v) is 7.58. The first-order valence-electron chi connectivity index (χ1n) is 3.70. The van der Waals surface area contributed by atoms with Gasteiger partial charge in [0.05, 0.1) is 6.04 Å². The Morgan fingerprint density at radius 2 is 2.45 bits per heavy atom. The van der Waals surface area contributed by atoms with Gasteiger partial charge in [0.2, 0.25) is 0 Å². The summed E-state index contributed by atoms with van der Waals surface area (Å²) in [5, 5.41) is 1.41. The van der Waals surface area contributed by atoms with Gasteiger partial charge in [-0.2, -0.15) is 8.99 Å². The van der Waals surface area contributed by atoms with Gasteiger partial charge in [-0.3, -0.25) is 0 Å².